The number of hydrogen-bond donors (Lipinski definition) is 0. The molecule has 5 rings (SSSR count). The number of rotatable bonds is 4. The quantitative estimate of drug-likeness (QED) is 0.391. The Kier molecular flexibility index (Phi) is 4.86. The molecule has 0 spiro atoms. The van der Waals surface area contributed by atoms with E-state index in [2.05, 4.69) is 0 Å². The van der Waals surface area contributed by atoms with Crippen LogP contribution in [0.25, 0.3) is 23.0 Å². The number of hydrogen-bond acceptors (Lipinski definition) is 4. The molecular formula is C27H22N2O3. The van der Waals surface area contributed by atoms with Crippen molar-refractivity contribution in [1.29, 1.82) is 0 Å². The van der Waals surface area contributed by atoms with Crippen molar-refractivity contribution < 1.29 is 14.3 Å². The summed E-state index contributed by atoms with van der Waals surface area (Å²) >= 11 is 0. The number of methoxy groups -OCH3 is 1. The standard InChI is InChI=1S/C27H22N2O3/c1-17-9-11-24-22(13-17)27(30)25(32-24)15-20-16-29(21-7-5-4-6-8-21)28-26(20)19-10-12-23(31-3)18(2)14-19/h4-16H,1-3H3/b25-15-. The second kappa shape index (κ2) is 7.85. The predicted molar refractivity (Wildman–Crippen MR) is 124 cm³/mol. The van der Waals surface area contributed by atoms with Crippen LogP contribution in [0, 0.1) is 13.8 Å². The minimum Gasteiger partial charge on any atom is -0.496 e. The molecule has 0 unspecified atom stereocenters. The number of Topliss-reactive ketones (excluding diaryl/α,β-unsaturated/α-hetero) is 1. The first kappa shape index (κ1) is 19.8. The number of ether oxygens (including phenoxy) is 2. The fraction of sp³-hybridized carbons (Fsp3) is 0.111. The summed E-state index contributed by atoms with van der Waals surface area (Å²) in [6.07, 6.45) is 3.70. The van der Waals surface area contributed by atoms with Crippen LogP contribution in [0.1, 0.15) is 27.0 Å². The van der Waals surface area contributed by atoms with E-state index in [4.69, 9.17) is 14.6 Å². The van der Waals surface area contributed by atoms with Gasteiger partial charge in [0.2, 0.25) is 5.78 Å². The van der Waals surface area contributed by atoms with Crippen LogP contribution in [0.5, 0.6) is 11.5 Å². The second-order valence-electron chi connectivity index (χ2n) is 7.84. The Labute approximate surface area is 186 Å². The number of allylic oxidation sites excluding steroid dienone is 1. The number of aryl methyl sites for hydroxylation is 2. The van der Waals surface area contributed by atoms with Crippen LogP contribution in [-0.4, -0.2) is 22.7 Å². The van der Waals surface area contributed by atoms with E-state index in [0.29, 0.717) is 17.1 Å². The molecule has 1 aliphatic rings. The van der Waals surface area contributed by atoms with E-state index in [1.54, 1.807) is 13.2 Å². The van der Waals surface area contributed by atoms with Crippen molar-refractivity contribution in [2.75, 3.05) is 7.11 Å². The fourth-order valence-corrected chi connectivity index (χ4v) is 3.90. The van der Waals surface area contributed by atoms with E-state index < -0.39 is 0 Å². The molecule has 0 N–H and O–H groups in total. The van der Waals surface area contributed by atoms with Crippen LogP contribution < -0.4 is 9.47 Å². The van der Waals surface area contributed by atoms with Crippen LogP contribution in [0.4, 0.5) is 0 Å². The number of carbonyl (C=O) groups is 1. The van der Waals surface area contributed by atoms with Crippen molar-refractivity contribution in [1.82, 2.24) is 9.78 Å². The fourth-order valence-electron chi connectivity index (χ4n) is 3.90. The van der Waals surface area contributed by atoms with Crippen molar-refractivity contribution >= 4 is 11.9 Å². The maximum Gasteiger partial charge on any atom is 0.231 e. The van der Waals surface area contributed by atoms with Gasteiger partial charge in [-0.15, -0.1) is 0 Å². The summed E-state index contributed by atoms with van der Waals surface area (Å²) in [5, 5.41) is 4.84. The molecule has 0 fully saturated rings. The van der Waals surface area contributed by atoms with Crippen LogP contribution >= 0.6 is 0 Å². The lowest BCUT2D eigenvalue weighted by Gasteiger charge is -2.07. The van der Waals surface area contributed by atoms with Crippen molar-refractivity contribution in [2.45, 2.75) is 13.8 Å². The Bertz CT molecular complexity index is 1370. The molecule has 3 aromatic carbocycles. The summed E-state index contributed by atoms with van der Waals surface area (Å²) in [5.74, 6) is 1.58. The Morgan fingerprint density at radius 1 is 1.00 bits per heavy atom. The maximum absolute atomic E-state index is 13.0. The van der Waals surface area contributed by atoms with E-state index in [1.165, 1.54) is 0 Å². The van der Waals surface area contributed by atoms with E-state index in [-0.39, 0.29) is 5.78 Å². The second-order valence-corrected chi connectivity index (χ2v) is 7.84. The molecular weight excluding hydrogens is 400 g/mol. The van der Waals surface area contributed by atoms with Crippen molar-refractivity contribution in [2.24, 2.45) is 0 Å². The number of aromatic nitrogens is 2. The van der Waals surface area contributed by atoms with Gasteiger partial charge in [-0.3, -0.25) is 4.79 Å². The van der Waals surface area contributed by atoms with Gasteiger partial charge in [-0.2, -0.15) is 5.10 Å². The van der Waals surface area contributed by atoms with Gasteiger partial charge in [-0.1, -0.05) is 29.8 Å². The number of nitrogens with zero attached hydrogens (tertiary/aromatic N) is 2. The number of benzene rings is 3. The van der Waals surface area contributed by atoms with Gasteiger partial charge in [0.25, 0.3) is 0 Å². The van der Waals surface area contributed by atoms with Gasteiger partial charge in [0.15, 0.2) is 5.76 Å². The average Bonchev–Trinajstić information content (AvgIpc) is 3.36. The molecule has 0 radical (unpaired) electrons. The summed E-state index contributed by atoms with van der Waals surface area (Å²) in [5.41, 5.74) is 6.04. The summed E-state index contributed by atoms with van der Waals surface area (Å²) in [7, 11) is 1.66. The third-order valence-electron chi connectivity index (χ3n) is 5.54. The highest BCUT2D eigenvalue weighted by Crippen LogP contribution is 2.35. The zero-order valence-corrected chi connectivity index (χ0v) is 18.1. The molecule has 5 nitrogen and oxygen atoms in total. The molecule has 0 bridgehead atoms. The molecule has 158 valence electrons. The van der Waals surface area contributed by atoms with Gasteiger partial charge >= 0.3 is 0 Å². The van der Waals surface area contributed by atoms with Gasteiger partial charge in [0.1, 0.15) is 17.2 Å². The van der Waals surface area contributed by atoms with Crippen molar-refractivity contribution in [3.05, 3.63) is 101 Å². The highest BCUT2D eigenvalue weighted by atomic mass is 16.5. The first-order chi connectivity index (χ1) is 15.5. The normalized spacial score (nSPS) is 13.8. The molecule has 2 heterocycles. The summed E-state index contributed by atoms with van der Waals surface area (Å²) < 4.78 is 13.1. The first-order valence-corrected chi connectivity index (χ1v) is 10.4. The summed E-state index contributed by atoms with van der Waals surface area (Å²) in [4.78, 5) is 13.0. The van der Waals surface area contributed by atoms with Crippen LogP contribution in [0.3, 0.4) is 0 Å². The first-order valence-electron chi connectivity index (χ1n) is 10.4. The number of fused-ring (bicyclic) bond motifs is 1. The topological polar surface area (TPSA) is 53.4 Å². The molecule has 1 aliphatic heterocycles. The third-order valence-corrected chi connectivity index (χ3v) is 5.54. The van der Waals surface area contributed by atoms with Gasteiger partial charge < -0.3 is 9.47 Å². The lowest BCUT2D eigenvalue weighted by Crippen LogP contribution is -1.98. The lowest BCUT2D eigenvalue weighted by molar-refractivity contribution is 0.101. The highest BCUT2D eigenvalue weighted by Gasteiger charge is 2.28. The van der Waals surface area contributed by atoms with E-state index in [9.17, 15) is 4.79 Å². The van der Waals surface area contributed by atoms with Gasteiger partial charge in [0, 0.05) is 17.3 Å². The van der Waals surface area contributed by atoms with E-state index >= 15 is 0 Å². The Morgan fingerprint density at radius 3 is 2.56 bits per heavy atom. The molecule has 0 atom stereocenters. The van der Waals surface area contributed by atoms with Gasteiger partial charge in [0.05, 0.1) is 18.4 Å². The zero-order valence-electron chi connectivity index (χ0n) is 18.1. The van der Waals surface area contributed by atoms with Gasteiger partial charge in [-0.25, -0.2) is 4.68 Å². The molecule has 5 heteroatoms. The molecule has 0 amide bonds. The van der Waals surface area contributed by atoms with Gasteiger partial charge in [-0.05, 0) is 68.0 Å². The monoisotopic (exact) mass is 422 g/mol. The van der Waals surface area contributed by atoms with Crippen LogP contribution in [0.15, 0.2) is 78.7 Å². The molecule has 4 aromatic rings. The molecule has 32 heavy (non-hydrogen) atoms. The van der Waals surface area contributed by atoms with E-state index in [1.807, 2.05) is 91.5 Å². The number of carbonyl (C=O) groups excluding carboxylic acids is 1. The Balaban J connectivity index is 1.63. The lowest BCUT2D eigenvalue weighted by atomic mass is 10.0. The third kappa shape index (κ3) is 3.48. The number of para-hydroxylation sites is 1. The molecule has 0 saturated heterocycles. The average molecular weight is 422 g/mol. The Hall–Kier alpha value is -4.12. The predicted octanol–water partition coefficient (Wildman–Crippen LogP) is 5.78. The molecule has 0 saturated carbocycles. The number of ketones is 1. The maximum atomic E-state index is 13.0. The molecule has 0 aliphatic carbocycles. The largest absolute Gasteiger partial charge is 0.496 e. The highest BCUT2D eigenvalue weighted by molar-refractivity contribution is 6.14. The SMILES string of the molecule is COc1ccc(-c2nn(-c3ccccc3)cc2/C=C2\Oc3ccc(C)cc3C2=O)cc1C. The summed E-state index contributed by atoms with van der Waals surface area (Å²) in [6.45, 7) is 3.96. The zero-order chi connectivity index (χ0) is 22.2. The van der Waals surface area contributed by atoms with Crippen LogP contribution in [0.2, 0.25) is 0 Å². The summed E-state index contributed by atoms with van der Waals surface area (Å²) in [6, 6.07) is 21.5. The molecule has 1 aromatic heterocycles. The van der Waals surface area contributed by atoms with E-state index in [0.717, 1.165) is 39.4 Å². The minimum atomic E-state index is -0.118. The van der Waals surface area contributed by atoms with Crippen molar-refractivity contribution in [3.8, 4) is 28.4 Å². The minimum absolute atomic E-state index is 0.118. The van der Waals surface area contributed by atoms with Crippen molar-refractivity contribution in [3.63, 3.8) is 0 Å². The smallest absolute Gasteiger partial charge is 0.231 e. The van der Waals surface area contributed by atoms with Crippen LogP contribution in [-0.2, 0) is 0 Å². The Morgan fingerprint density at radius 2 is 1.81 bits per heavy atom.